The van der Waals surface area contributed by atoms with Crippen LogP contribution in [0.25, 0.3) is 0 Å². The van der Waals surface area contributed by atoms with Gasteiger partial charge in [0.05, 0.1) is 0 Å². The number of hydrogen-bond acceptors (Lipinski definition) is 3. The second-order valence-corrected chi connectivity index (χ2v) is 4.10. The van der Waals surface area contributed by atoms with Crippen molar-refractivity contribution in [2.45, 2.75) is 33.8 Å². The lowest BCUT2D eigenvalue weighted by Crippen LogP contribution is -2.39. The molecule has 0 aliphatic carbocycles. The van der Waals surface area contributed by atoms with Gasteiger partial charge in [-0.3, -0.25) is 4.79 Å². The second-order valence-electron chi connectivity index (χ2n) is 4.10. The number of ether oxygens (including phenoxy) is 2. The zero-order chi connectivity index (χ0) is 10.5. The molecule has 0 fully saturated rings. The van der Waals surface area contributed by atoms with Gasteiger partial charge in [-0.2, -0.15) is 0 Å². The highest BCUT2D eigenvalue weighted by Gasteiger charge is 2.31. The standard InChI is InChI=1S/C10H20O3/c1-6-13-9(10(2,3)4)8(11)7-12-5/h9H,6-7H2,1-5H3. The maximum Gasteiger partial charge on any atom is 0.187 e. The molecule has 0 rings (SSSR count). The third-order valence-corrected chi connectivity index (χ3v) is 1.70. The lowest BCUT2D eigenvalue weighted by atomic mass is 9.86. The molecule has 0 aliphatic rings. The van der Waals surface area contributed by atoms with Crippen LogP contribution in [-0.2, 0) is 14.3 Å². The summed E-state index contributed by atoms with van der Waals surface area (Å²) in [5.41, 5.74) is -0.161. The summed E-state index contributed by atoms with van der Waals surface area (Å²) in [5, 5.41) is 0. The van der Waals surface area contributed by atoms with Crippen molar-refractivity contribution in [1.82, 2.24) is 0 Å². The fraction of sp³-hybridized carbons (Fsp3) is 0.900. The molecule has 78 valence electrons. The number of ketones is 1. The molecule has 0 bridgehead atoms. The first-order chi connectivity index (χ1) is 5.93. The van der Waals surface area contributed by atoms with Gasteiger partial charge >= 0.3 is 0 Å². The van der Waals surface area contributed by atoms with Crippen LogP contribution in [0.4, 0.5) is 0 Å². The lowest BCUT2D eigenvalue weighted by molar-refractivity contribution is -0.141. The molecular formula is C10H20O3. The van der Waals surface area contributed by atoms with Gasteiger partial charge in [0.25, 0.3) is 0 Å². The minimum atomic E-state index is -0.363. The van der Waals surface area contributed by atoms with E-state index >= 15 is 0 Å². The first kappa shape index (κ1) is 12.6. The smallest absolute Gasteiger partial charge is 0.187 e. The minimum Gasteiger partial charge on any atom is -0.377 e. The van der Waals surface area contributed by atoms with Gasteiger partial charge in [-0.05, 0) is 12.3 Å². The maximum atomic E-state index is 11.5. The Bertz CT molecular complexity index is 158. The van der Waals surface area contributed by atoms with Gasteiger partial charge in [0, 0.05) is 13.7 Å². The zero-order valence-electron chi connectivity index (χ0n) is 9.22. The average molecular weight is 188 g/mol. The Hall–Kier alpha value is -0.410. The van der Waals surface area contributed by atoms with E-state index < -0.39 is 0 Å². The predicted octanol–water partition coefficient (Wildman–Crippen LogP) is 1.65. The van der Waals surface area contributed by atoms with Gasteiger partial charge in [0.1, 0.15) is 12.7 Å². The number of carbonyl (C=O) groups is 1. The molecule has 1 atom stereocenters. The Morgan fingerprint density at radius 1 is 1.38 bits per heavy atom. The molecule has 3 heteroatoms. The van der Waals surface area contributed by atoms with Crippen LogP contribution in [-0.4, -0.2) is 32.2 Å². The summed E-state index contributed by atoms with van der Waals surface area (Å²) in [7, 11) is 1.52. The summed E-state index contributed by atoms with van der Waals surface area (Å²) in [6.07, 6.45) is -0.363. The summed E-state index contributed by atoms with van der Waals surface area (Å²) in [4.78, 5) is 11.5. The van der Waals surface area contributed by atoms with E-state index in [2.05, 4.69) is 0 Å². The molecule has 0 saturated heterocycles. The van der Waals surface area contributed by atoms with Crippen molar-refractivity contribution in [2.75, 3.05) is 20.3 Å². The number of hydrogen-bond donors (Lipinski definition) is 0. The molecule has 0 aliphatic heterocycles. The first-order valence-electron chi connectivity index (χ1n) is 4.56. The summed E-state index contributed by atoms with van der Waals surface area (Å²) in [6.45, 7) is 8.53. The number of methoxy groups -OCH3 is 1. The van der Waals surface area contributed by atoms with Crippen LogP contribution in [0.1, 0.15) is 27.7 Å². The van der Waals surface area contributed by atoms with Crippen molar-refractivity contribution < 1.29 is 14.3 Å². The molecule has 0 aromatic carbocycles. The molecule has 0 amide bonds. The fourth-order valence-electron chi connectivity index (χ4n) is 1.21. The Morgan fingerprint density at radius 3 is 2.23 bits per heavy atom. The molecule has 13 heavy (non-hydrogen) atoms. The fourth-order valence-corrected chi connectivity index (χ4v) is 1.21. The largest absolute Gasteiger partial charge is 0.377 e. The van der Waals surface area contributed by atoms with E-state index in [9.17, 15) is 4.79 Å². The molecule has 0 aromatic heterocycles. The highest BCUT2D eigenvalue weighted by atomic mass is 16.5. The van der Waals surface area contributed by atoms with E-state index in [1.165, 1.54) is 7.11 Å². The molecule has 0 saturated carbocycles. The minimum absolute atomic E-state index is 0.0110. The second kappa shape index (κ2) is 5.35. The van der Waals surface area contributed by atoms with E-state index in [0.717, 1.165) is 0 Å². The Balaban J connectivity index is 4.33. The van der Waals surface area contributed by atoms with Crippen molar-refractivity contribution in [3.63, 3.8) is 0 Å². The molecular weight excluding hydrogens is 168 g/mol. The summed E-state index contributed by atoms with van der Waals surface area (Å²) >= 11 is 0. The van der Waals surface area contributed by atoms with Crippen molar-refractivity contribution in [3.8, 4) is 0 Å². The number of rotatable bonds is 5. The Kier molecular flexibility index (Phi) is 5.18. The van der Waals surface area contributed by atoms with E-state index in [1.54, 1.807) is 0 Å². The molecule has 0 aromatic rings. The van der Waals surface area contributed by atoms with Gasteiger partial charge in [0.15, 0.2) is 5.78 Å². The van der Waals surface area contributed by atoms with Crippen LogP contribution in [0.3, 0.4) is 0 Å². The highest BCUT2D eigenvalue weighted by Crippen LogP contribution is 2.23. The summed E-state index contributed by atoms with van der Waals surface area (Å²) < 4.78 is 10.2. The van der Waals surface area contributed by atoms with Crippen LogP contribution in [0, 0.1) is 5.41 Å². The van der Waals surface area contributed by atoms with Crippen molar-refractivity contribution in [1.29, 1.82) is 0 Å². The SMILES string of the molecule is CCOC(C(=O)COC)C(C)(C)C. The lowest BCUT2D eigenvalue weighted by Gasteiger charge is -2.28. The van der Waals surface area contributed by atoms with Crippen LogP contribution in [0.15, 0.2) is 0 Å². The molecule has 1 unspecified atom stereocenters. The first-order valence-corrected chi connectivity index (χ1v) is 4.56. The third kappa shape index (κ3) is 4.39. The van der Waals surface area contributed by atoms with Crippen LogP contribution >= 0.6 is 0 Å². The van der Waals surface area contributed by atoms with Gasteiger partial charge in [-0.1, -0.05) is 20.8 Å². The Morgan fingerprint density at radius 2 is 1.92 bits per heavy atom. The van der Waals surface area contributed by atoms with Gasteiger partial charge < -0.3 is 9.47 Å². The molecule has 3 nitrogen and oxygen atoms in total. The van der Waals surface area contributed by atoms with Crippen LogP contribution in [0.2, 0.25) is 0 Å². The predicted molar refractivity (Wildman–Crippen MR) is 51.8 cm³/mol. The van der Waals surface area contributed by atoms with Crippen molar-refractivity contribution in [2.24, 2.45) is 5.41 Å². The average Bonchev–Trinajstić information content (AvgIpc) is 1.98. The number of carbonyl (C=O) groups excluding carboxylic acids is 1. The van der Waals surface area contributed by atoms with Gasteiger partial charge in [-0.25, -0.2) is 0 Å². The van der Waals surface area contributed by atoms with Crippen LogP contribution in [0.5, 0.6) is 0 Å². The Labute approximate surface area is 80.4 Å². The molecule has 0 spiro atoms. The summed E-state index contributed by atoms with van der Waals surface area (Å²) in [6, 6.07) is 0. The maximum absolute atomic E-state index is 11.5. The van der Waals surface area contributed by atoms with Gasteiger partial charge in [0.2, 0.25) is 0 Å². The normalized spacial score (nSPS) is 14.2. The topological polar surface area (TPSA) is 35.5 Å². The molecule has 0 N–H and O–H groups in total. The quantitative estimate of drug-likeness (QED) is 0.658. The monoisotopic (exact) mass is 188 g/mol. The van der Waals surface area contributed by atoms with Crippen molar-refractivity contribution in [3.05, 3.63) is 0 Å². The molecule has 0 radical (unpaired) electrons. The van der Waals surface area contributed by atoms with E-state index in [0.29, 0.717) is 6.61 Å². The third-order valence-electron chi connectivity index (χ3n) is 1.70. The molecule has 0 heterocycles. The number of Topliss-reactive ketones (excluding diaryl/α,β-unsaturated/α-hetero) is 1. The van der Waals surface area contributed by atoms with Crippen LogP contribution < -0.4 is 0 Å². The van der Waals surface area contributed by atoms with E-state index in [1.807, 2.05) is 27.7 Å². The zero-order valence-corrected chi connectivity index (χ0v) is 9.22. The van der Waals surface area contributed by atoms with E-state index in [4.69, 9.17) is 9.47 Å². The van der Waals surface area contributed by atoms with E-state index in [-0.39, 0.29) is 23.9 Å². The summed E-state index contributed by atoms with van der Waals surface area (Å²) in [5.74, 6) is 0.0110. The highest BCUT2D eigenvalue weighted by molar-refractivity contribution is 5.85. The van der Waals surface area contributed by atoms with Gasteiger partial charge in [-0.15, -0.1) is 0 Å². The van der Waals surface area contributed by atoms with Crippen molar-refractivity contribution >= 4 is 5.78 Å².